The van der Waals surface area contributed by atoms with Gasteiger partial charge in [-0.1, -0.05) is 12.1 Å². The van der Waals surface area contributed by atoms with E-state index in [1.54, 1.807) is 7.11 Å². The summed E-state index contributed by atoms with van der Waals surface area (Å²) < 4.78 is 5.16. The van der Waals surface area contributed by atoms with Gasteiger partial charge in [-0.05, 0) is 44.8 Å². The van der Waals surface area contributed by atoms with E-state index in [1.807, 2.05) is 38.4 Å². The summed E-state index contributed by atoms with van der Waals surface area (Å²) in [5.41, 5.74) is 6.55. The largest absolute Gasteiger partial charge is 0.497 e. The van der Waals surface area contributed by atoms with Crippen molar-refractivity contribution in [2.75, 3.05) is 34.3 Å². The third kappa shape index (κ3) is 5.19. The number of nitrogens with zero attached hydrogens (tertiary/aromatic N) is 1. The maximum atomic E-state index is 11.7. The van der Waals surface area contributed by atoms with E-state index < -0.39 is 0 Å². The molecular weight excluding hydrogens is 254 g/mol. The lowest BCUT2D eigenvalue weighted by Crippen LogP contribution is -2.34. The molecule has 0 aliphatic heterocycles. The molecule has 0 aliphatic rings. The Morgan fingerprint density at radius 1 is 1.35 bits per heavy atom. The van der Waals surface area contributed by atoms with Gasteiger partial charge >= 0.3 is 0 Å². The number of carbonyl (C=O) groups is 1. The van der Waals surface area contributed by atoms with Gasteiger partial charge < -0.3 is 20.7 Å². The molecule has 0 fully saturated rings. The number of hydrogen-bond acceptors (Lipinski definition) is 4. The third-order valence-corrected chi connectivity index (χ3v) is 3.22. The van der Waals surface area contributed by atoms with Gasteiger partial charge in [0.25, 0.3) is 0 Å². The van der Waals surface area contributed by atoms with Crippen LogP contribution < -0.4 is 15.8 Å². The van der Waals surface area contributed by atoms with E-state index in [-0.39, 0.29) is 11.9 Å². The summed E-state index contributed by atoms with van der Waals surface area (Å²) >= 11 is 0. The number of amides is 1. The van der Waals surface area contributed by atoms with Crippen molar-refractivity contribution in [1.82, 2.24) is 10.2 Å². The van der Waals surface area contributed by atoms with Gasteiger partial charge in [-0.15, -0.1) is 0 Å². The molecule has 0 saturated heterocycles. The molecule has 1 amide bonds. The predicted octanol–water partition coefficient (Wildman–Crippen LogP) is 1.15. The molecule has 0 spiro atoms. The zero-order chi connectivity index (χ0) is 15.0. The average molecular weight is 279 g/mol. The first-order valence-corrected chi connectivity index (χ1v) is 6.85. The molecule has 3 N–H and O–H groups in total. The number of nitrogens with one attached hydrogen (secondary N) is 1. The standard InChI is InChI=1S/C15H25N3O2/c1-18(2)14(11-17-15(19)5-4-10-16)12-6-8-13(20-3)9-7-12/h6-9,14H,4-5,10-11,16H2,1-3H3,(H,17,19). The summed E-state index contributed by atoms with van der Waals surface area (Å²) in [6.07, 6.45) is 1.21. The summed E-state index contributed by atoms with van der Waals surface area (Å²) in [6.45, 7) is 1.13. The topological polar surface area (TPSA) is 67.6 Å². The van der Waals surface area contributed by atoms with Crippen molar-refractivity contribution in [2.45, 2.75) is 18.9 Å². The summed E-state index contributed by atoms with van der Waals surface area (Å²) in [7, 11) is 5.65. The first kappa shape index (κ1) is 16.5. The van der Waals surface area contributed by atoms with E-state index in [1.165, 1.54) is 0 Å². The minimum atomic E-state index is 0.0517. The smallest absolute Gasteiger partial charge is 0.220 e. The Hall–Kier alpha value is -1.59. The average Bonchev–Trinajstić information content (AvgIpc) is 2.45. The number of nitrogens with two attached hydrogens (primary N) is 1. The van der Waals surface area contributed by atoms with Crippen LogP contribution in [0, 0.1) is 0 Å². The number of methoxy groups -OCH3 is 1. The molecule has 0 aromatic heterocycles. The minimum absolute atomic E-state index is 0.0517. The van der Waals surface area contributed by atoms with Gasteiger partial charge in [0.2, 0.25) is 5.91 Å². The summed E-state index contributed by atoms with van der Waals surface area (Å²) in [5.74, 6) is 0.883. The molecule has 112 valence electrons. The first-order chi connectivity index (χ1) is 9.58. The third-order valence-electron chi connectivity index (χ3n) is 3.22. The van der Waals surface area contributed by atoms with E-state index in [2.05, 4.69) is 10.2 Å². The second-order valence-electron chi connectivity index (χ2n) is 4.95. The lowest BCUT2D eigenvalue weighted by molar-refractivity contribution is -0.121. The fraction of sp³-hybridized carbons (Fsp3) is 0.533. The SMILES string of the molecule is COc1ccc(C(CNC(=O)CCCN)N(C)C)cc1. The van der Waals surface area contributed by atoms with Gasteiger partial charge in [0, 0.05) is 13.0 Å². The number of likely N-dealkylation sites (N-methyl/N-ethyl adjacent to an activating group) is 1. The molecule has 1 aromatic carbocycles. The highest BCUT2D eigenvalue weighted by Gasteiger charge is 2.15. The Balaban J connectivity index is 2.61. The quantitative estimate of drug-likeness (QED) is 0.749. The minimum Gasteiger partial charge on any atom is -0.497 e. The highest BCUT2D eigenvalue weighted by molar-refractivity contribution is 5.75. The first-order valence-electron chi connectivity index (χ1n) is 6.85. The molecule has 1 aromatic rings. The molecule has 1 unspecified atom stereocenters. The molecule has 5 nitrogen and oxygen atoms in total. The molecule has 0 heterocycles. The second-order valence-corrected chi connectivity index (χ2v) is 4.95. The molecule has 0 radical (unpaired) electrons. The molecule has 0 bridgehead atoms. The van der Waals surface area contributed by atoms with Gasteiger partial charge in [-0.3, -0.25) is 4.79 Å². The number of carbonyl (C=O) groups excluding carboxylic acids is 1. The predicted molar refractivity (Wildman–Crippen MR) is 80.7 cm³/mol. The van der Waals surface area contributed by atoms with Crippen LogP contribution in [0.4, 0.5) is 0 Å². The summed E-state index contributed by atoms with van der Waals surface area (Å²) in [4.78, 5) is 13.7. The van der Waals surface area contributed by atoms with E-state index in [4.69, 9.17) is 10.5 Å². The highest BCUT2D eigenvalue weighted by Crippen LogP contribution is 2.20. The van der Waals surface area contributed by atoms with Crippen molar-refractivity contribution < 1.29 is 9.53 Å². The van der Waals surface area contributed by atoms with Gasteiger partial charge in [-0.25, -0.2) is 0 Å². The van der Waals surface area contributed by atoms with Crippen LogP contribution in [0.15, 0.2) is 24.3 Å². The summed E-state index contributed by atoms with van der Waals surface area (Å²) in [6, 6.07) is 8.05. The monoisotopic (exact) mass is 279 g/mol. The van der Waals surface area contributed by atoms with Gasteiger partial charge in [0.05, 0.1) is 13.2 Å². The Kier molecular flexibility index (Phi) is 7.04. The van der Waals surface area contributed by atoms with Crippen LogP contribution in [-0.2, 0) is 4.79 Å². The zero-order valence-corrected chi connectivity index (χ0v) is 12.6. The van der Waals surface area contributed by atoms with Crippen LogP contribution in [0.25, 0.3) is 0 Å². The molecule has 20 heavy (non-hydrogen) atoms. The van der Waals surface area contributed by atoms with Crippen molar-refractivity contribution in [1.29, 1.82) is 0 Å². The van der Waals surface area contributed by atoms with Crippen molar-refractivity contribution in [3.05, 3.63) is 29.8 Å². The lowest BCUT2D eigenvalue weighted by atomic mass is 10.1. The van der Waals surface area contributed by atoms with Gasteiger partial charge in [0.1, 0.15) is 5.75 Å². The Labute approximate surface area is 121 Å². The van der Waals surface area contributed by atoms with E-state index in [0.717, 1.165) is 17.7 Å². The Bertz CT molecular complexity index is 404. The number of ether oxygens (including phenoxy) is 1. The van der Waals surface area contributed by atoms with Crippen molar-refractivity contribution >= 4 is 5.91 Å². The van der Waals surface area contributed by atoms with E-state index in [0.29, 0.717) is 19.5 Å². The van der Waals surface area contributed by atoms with Crippen molar-refractivity contribution in [2.24, 2.45) is 5.73 Å². The number of rotatable bonds is 8. The van der Waals surface area contributed by atoms with Crippen LogP contribution >= 0.6 is 0 Å². The molecule has 5 heteroatoms. The van der Waals surface area contributed by atoms with E-state index in [9.17, 15) is 4.79 Å². The maximum Gasteiger partial charge on any atom is 0.220 e. The van der Waals surface area contributed by atoms with Crippen LogP contribution in [-0.4, -0.2) is 45.1 Å². The van der Waals surface area contributed by atoms with Gasteiger partial charge in [-0.2, -0.15) is 0 Å². The molecular formula is C15H25N3O2. The van der Waals surface area contributed by atoms with Crippen LogP contribution in [0.2, 0.25) is 0 Å². The fourth-order valence-corrected chi connectivity index (χ4v) is 1.99. The normalized spacial score (nSPS) is 12.2. The molecule has 0 saturated carbocycles. The van der Waals surface area contributed by atoms with Gasteiger partial charge in [0.15, 0.2) is 0 Å². The Morgan fingerprint density at radius 2 is 2.00 bits per heavy atom. The highest BCUT2D eigenvalue weighted by atomic mass is 16.5. The van der Waals surface area contributed by atoms with Crippen molar-refractivity contribution in [3.8, 4) is 5.75 Å². The number of hydrogen-bond donors (Lipinski definition) is 2. The van der Waals surface area contributed by atoms with Crippen LogP contribution in [0.3, 0.4) is 0 Å². The molecule has 0 aliphatic carbocycles. The zero-order valence-electron chi connectivity index (χ0n) is 12.6. The lowest BCUT2D eigenvalue weighted by Gasteiger charge is -2.25. The van der Waals surface area contributed by atoms with Crippen LogP contribution in [0.1, 0.15) is 24.4 Å². The van der Waals surface area contributed by atoms with Crippen LogP contribution in [0.5, 0.6) is 5.75 Å². The van der Waals surface area contributed by atoms with E-state index >= 15 is 0 Å². The summed E-state index contributed by atoms with van der Waals surface area (Å²) in [5, 5.41) is 2.96. The Morgan fingerprint density at radius 3 is 2.50 bits per heavy atom. The second kappa shape index (κ2) is 8.55. The fourth-order valence-electron chi connectivity index (χ4n) is 1.99. The maximum absolute atomic E-state index is 11.7. The molecule has 1 rings (SSSR count). The van der Waals surface area contributed by atoms with Crippen molar-refractivity contribution in [3.63, 3.8) is 0 Å². The number of benzene rings is 1. The molecule has 1 atom stereocenters.